The van der Waals surface area contributed by atoms with Crippen LogP contribution in [0.2, 0.25) is 0 Å². The van der Waals surface area contributed by atoms with Gasteiger partial charge in [-0.05, 0) is 24.5 Å². The number of carbonyl (C=O) groups excluding carboxylic acids is 2. The summed E-state index contributed by atoms with van der Waals surface area (Å²) in [6.45, 7) is 12.3. The zero-order chi connectivity index (χ0) is 17.9. The van der Waals surface area contributed by atoms with Crippen molar-refractivity contribution in [2.45, 2.75) is 38.6 Å². The maximum absolute atomic E-state index is 12.7. The van der Waals surface area contributed by atoms with Gasteiger partial charge in [0.05, 0.1) is 10.6 Å². The first kappa shape index (κ1) is 18.3. The van der Waals surface area contributed by atoms with E-state index in [1.54, 1.807) is 11.0 Å². The zero-order valence-corrected chi connectivity index (χ0v) is 15.4. The highest BCUT2D eigenvalue weighted by molar-refractivity contribution is 8.04. The molecule has 0 saturated heterocycles. The van der Waals surface area contributed by atoms with E-state index in [1.807, 2.05) is 31.2 Å². The van der Waals surface area contributed by atoms with Crippen molar-refractivity contribution < 1.29 is 9.59 Å². The number of benzene rings is 1. The maximum Gasteiger partial charge on any atom is 0.265 e. The summed E-state index contributed by atoms with van der Waals surface area (Å²) in [7, 11) is 0. The first-order valence-corrected chi connectivity index (χ1v) is 8.77. The zero-order valence-electron chi connectivity index (χ0n) is 14.6. The van der Waals surface area contributed by atoms with Gasteiger partial charge in [0, 0.05) is 23.6 Å². The van der Waals surface area contributed by atoms with Gasteiger partial charge in [0.2, 0.25) is 5.91 Å². The highest BCUT2D eigenvalue weighted by Gasteiger charge is 2.29. The van der Waals surface area contributed by atoms with Crippen molar-refractivity contribution in [3.63, 3.8) is 0 Å². The molecule has 2 rings (SSSR count). The van der Waals surface area contributed by atoms with Gasteiger partial charge in [0.25, 0.3) is 5.91 Å². The first-order chi connectivity index (χ1) is 11.2. The number of rotatable bonds is 4. The number of fused-ring (bicyclic) bond motifs is 1. The highest BCUT2D eigenvalue weighted by Crippen LogP contribution is 2.41. The molecule has 0 saturated carbocycles. The molecule has 24 heavy (non-hydrogen) atoms. The van der Waals surface area contributed by atoms with Crippen LogP contribution < -0.4 is 10.2 Å². The van der Waals surface area contributed by atoms with E-state index in [4.69, 9.17) is 0 Å². The van der Waals surface area contributed by atoms with Crippen LogP contribution in [0.4, 0.5) is 5.69 Å². The van der Waals surface area contributed by atoms with Crippen molar-refractivity contribution in [2.75, 3.05) is 11.4 Å². The van der Waals surface area contributed by atoms with E-state index < -0.39 is 0 Å². The average Bonchev–Trinajstić information content (AvgIpc) is 2.50. The topological polar surface area (TPSA) is 49.4 Å². The monoisotopic (exact) mass is 344 g/mol. The Labute approximate surface area is 148 Å². The van der Waals surface area contributed by atoms with Crippen molar-refractivity contribution >= 4 is 29.3 Å². The Kier molecular flexibility index (Phi) is 5.54. The summed E-state index contributed by atoms with van der Waals surface area (Å²) in [6, 6.07) is 7.68. The van der Waals surface area contributed by atoms with Crippen LogP contribution in [0.1, 0.15) is 27.7 Å². The summed E-state index contributed by atoms with van der Waals surface area (Å²) in [4.78, 5) is 28.0. The van der Waals surface area contributed by atoms with Crippen LogP contribution in [0.5, 0.6) is 0 Å². The number of amides is 2. The molecule has 1 N–H and O–H groups in total. The minimum atomic E-state index is -0.244. The number of hydrogen-bond acceptors (Lipinski definition) is 3. The highest BCUT2D eigenvalue weighted by atomic mass is 32.2. The van der Waals surface area contributed by atoms with Crippen LogP contribution in [0.3, 0.4) is 0 Å². The fourth-order valence-corrected chi connectivity index (χ4v) is 3.19. The minimum Gasteiger partial charge on any atom is -0.350 e. The van der Waals surface area contributed by atoms with Gasteiger partial charge in [-0.1, -0.05) is 50.7 Å². The molecule has 0 spiro atoms. The van der Waals surface area contributed by atoms with Crippen molar-refractivity contribution in [1.29, 1.82) is 0 Å². The summed E-state index contributed by atoms with van der Waals surface area (Å²) >= 11 is 1.33. The normalized spacial score (nSPS) is 17.4. The van der Waals surface area contributed by atoms with E-state index in [1.165, 1.54) is 17.8 Å². The van der Waals surface area contributed by atoms with Crippen LogP contribution in [0, 0.1) is 5.41 Å². The van der Waals surface area contributed by atoms with E-state index in [9.17, 15) is 9.59 Å². The number of carbonyl (C=O) groups is 2. The molecule has 0 aliphatic carbocycles. The number of para-hydroxylation sites is 1. The van der Waals surface area contributed by atoms with Gasteiger partial charge in [-0.2, -0.15) is 0 Å². The SMILES string of the molecule is C=CCN1C(=O)C(=CC(=O)NC(C)C(C)(C)C)Sc2ccccc21. The Morgan fingerprint density at radius 3 is 2.67 bits per heavy atom. The molecule has 128 valence electrons. The summed E-state index contributed by atoms with van der Waals surface area (Å²) in [5, 5.41) is 2.94. The molecular formula is C19H24N2O2S. The molecule has 1 aromatic rings. The Morgan fingerprint density at radius 1 is 1.38 bits per heavy atom. The van der Waals surface area contributed by atoms with Crippen LogP contribution in [-0.4, -0.2) is 24.4 Å². The smallest absolute Gasteiger partial charge is 0.265 e. The molecule has 0 fully saturated rings. The summed E-state index contributed by atoms with van der Waals surface area (Å²) < 4.78 is 0. The van der Waals surface area contributed by atoms with E-state index in [0.29, 0.717) is 11.4 Å². The Hall–Kier alpha value is -2.01. The molecule has 1 unspecified atom stereocenters. The molecule has 0 radical (unpaired) electrons. The largest absolute Gasteiger partial charge is 0.350 e. The summed E-state index contributed by atoms with van der Waals surface area (Å²) in [5.74, 6) is -0.414. The first-order valence-electron chi connectivity index (χ1n) is 7.96. The molecule has 1 heterocycles. The Balaban J connectivity index is 2.26. The second kappa shape index (κ2) is 7.26. The molecule has 5 heteroatoms. The number of hydrogen-bond donors (Lipinski definition) is 1. The lowest BCUT2D eigenvalue weighted by molar-refractivity contribution is -0.118. The molecule has 2 amide bonds. The van der Waals surface area contributed by atoms with E-state index in [0.717, 1.165) is 10.6 Å². The molecule has 1 aromatic carbocycles. The number of nitrogens with one attached hydrogen (secondary N) is 1. The third-order valence-electron chi connectivity index (χ3n) is 4.06. The average molecular weight is 344 g/mol. The molecule has 0 aromatic heterocycles. The Bertz CT molecular complexity index is 689. The van der Waals surface area contributed by atoms with Crippen LogP contribution >= 0.6 is 11.8 Å². The molecule has 1 atom stereocenters. The van der Waals surface area contributed by atoms with Crippen molar-refractivity contribution in [3.8, 4) is 0 Å². The second-order valence-electron chi connectivity index (χ2n) is 6.88. The number of anilines is 1. The lowest BCUT2D eigenvalue weighted by Crippen LogP contribution is -2.41. The molecule has 0 bridgehead atoms. The van der Waals surface area contributed by atoms with Gasteiger partial charge in [0.1, 0.15) is 0 Å². The van der Waals surface area contributed by atoms with Crippen LogP contribution in [0.25, 0.3) is 0 Å². The van der Waals surface area contributed by atoms with Gasteiger partial charge in [-0.15, -0.1) is 6.58 Å². The molecular weight excluding hydrogens is 320 g/mol. The predicted octanol–water partition coefficient (Wildman–Crippen LogP) is 3.75. The molecule has 1 aliphatic heterocycles. The Morgan fingerprint density at radius 2 is 2.04 bits per heavy atom. The van der Waals surface area contributed by atoms with Crippen LogP contribution in [0.15, 0.2) is 52.8 Å². The maximum atomic E-state index is 12.7. The van der Waals surface area contributed by atoms with E-state index in [2.05, 4.69) is 32.7 Å². The second-order valence-corrected chi connectivity index (χ2v) is 7.96. The molecule has 4 nitrogen and oxygen atoms in total. The van der Waals surface area contributed by atoms with Gasteiger partial charge in [-0.3, -0.25) is 9.59 Å². The van der Waals surface area contributed by atoms with Crippen LogP contribution in [-0.2, 0) is 9.59 Å². The van der Waals surface area contributed by atoms with E-state index >= 15 is 0 Å². The number of thioether (sulfide) groups is 1. The lowest BCUT2D eigenvalue weighted by atomic mass is 9.88. The fraction of sp³-hybridized carbons (Fsp3) is 0.368. The van der Waals surface area contributed by atoms with Crippen molar-refractivity contribution in [2.24, 2.45) is 5.41 Å². The van der Waals surface area contributed by atoms with Gasteiger partial charge in [0.15, 0.2) is 0 Å². The summed E-state index contributed by atoms with van der Waals surface area (Å²) in [6.07, 6.45) is 3.09. The fourth-order valence-electron chi connectivity index (χ4n) is 2.16. The van der Waals surface area contributed by atoms with Crippen molar-refractivity contribution in [3.05, 3.63) is 47.9 Å². The lowest BCUT2D eigenvalue weighted by Gasteiger charge is -2.30. The molecule has 1 aliphatic rings. The summed E-state index contributed by atoms with van der Waals surface area (Å²) in [5.41, 5.74) is 0.812. The number of nitrogens with zero attached hydrogens (tertiary/aromatic N) is 1. The van der Waals surface area contributed by atoms with Gasteiger partial charge in [-0.25, -0.2) is 0 Å². The standard InChI is InChI=1S/C19H24N2O2S/c1-6-11-21-14-9-7-8-10-15(14)24-16(18(21)23)12-17(22)20-13(2)19(3,4)5/h6-10,12-13H,1,11H2,2-5H3,(H,20,22). The quantitative estimate of drug-likeness (QED) is 0.668. The van der Waals surface area contributed by atoms with Gasteiger partial charge >= 0.3 is 0 Å². The minimum absolute atomic E-state index is 0.00195. The van der Waals surface area contributed by atoms with Crippen molar-refractivity contribution in [1.82, 2.24) is 5.32 Å². The third kappa shape index (κ3) is 4.09. The predicted molar refractivity (Wildman–Crippen MR) is 100.0 cm³/mol. The van der Waals surface area contributed by atoms with E-state index in [-0.39, 0.29) is 23.3 Å². The third-order valence-corrected chi connectivity index (χ3v) is 5.14. The van der Waals surface area contributed by atoms with Gasteiger partial charge < -0.3 is 10.2 Å².